The molecule has 0 aliphatic carbocycles. The van der Waals surface area contributed by atoms with Crippen LogP contribution < -0.4 is 5.32 Å². The number of nitrogens with one attached hydrogen (secondary N) is 3. The van der Waals surface area contributed by atoms with Crippen molar-refractivity contribution in [3.05, 3.63) is 71.6 Å². The monoisotopic (exact) mass is 493 g/mol. The molecule has 0 atom stereocenters. The van der Waals surface area contributed by atoms with Crippen molar-refractivity contribution in [1.82, 2.24) is 35.5 Å². The molecule has 0 amide bonds. The molecular weight excluding hydrogens is 470 g/mol. The number of rotatable bonds is 7. The van der Waals surface area contributed by atoms with Crippen LogP contribution in [0.1, 0.15) is 29.1 Å². The number of hydrogen-bond donors (Lipinski definition) is 3. The van der Waals surface area contributed by atoms with E-state index < -0.39 is 0 Å². The van der Waals surface area contributed by atoms with E-state index in [1.165, 1.54) is 11.3 Å². The van der Waals surface area contributed by atoms with Crippen molar-refractivity contribution in [3.8, 4) is 33.1 Å². The molecule has 178 valence electrons. The fourth-order valence-corrected chi connectivity index (χ4v) is 5.23. The molecule has 6 rings (SSSR count). The van der Waals surface area contributed by atoms with Gasteiger partial charge in [0.2, 0.25) is 0 Å². The fraction of sp³-hybridized carbons (Fsp3) is 0.148. The first-order chi connectivity index (χ1) is 17.6. The smallest absolute Gasteiger partial charge is 0.181 e. The van der Waals surface area contributed by atoms with Gasteiger partial charge < -0.3 is 10.3 Å². The van der Waals surface area contributed by atoms with Crippen LogP contribution in [0.15, 0.2) is 61.2 Å². The summed E-state index contributed by atoms with van der Waals surface area (Å²) in [6, 6.07) is 12.1. The lowest BCUT2D eigenvalue weighted by Gasteiger charge is -2.05. The normalized spacial score (nSPS) is 11.5. The van der Waals surface area contributed by atoms with E-state index in [0.29, 0.717) is 5.65 Å². The number of thiophene rings is 1. The maximum absolute atomic E-state index is 11.8. The van der Waals surface area contributed by atoms with Crippen LogP contribution in [-0.2, 0) is 6.54 Å². The van der Waals surface area contributed by atoms with Crippen LogP contribution in [-0.4, -0.2) is 42.5 Å². The van der Waals surface area contributed by atoms with Gasteiger partial charge in [0.15, 0.2) is 11.4 Å². The van der Waals surface area contributed by atoms with Crippen molar-refractivity contribution < 1.29 is 4.79 Å². The summed E-state index contributed by atoms with van der Waals surface area (Å²) in [6.07, 6.45) is 7.35. The van der Waals surface area contributed by atoms with Gasteiger partial charge in [-0.1, -0.05) is 6.92 Å². The second kappa shape index (κ2) is 9.10. The van der Waals surface area contributed by atoms with Gasteiger partial charge in [0, 0.05) is 58.7 Å². The van der Waals surface area contributed by atoms with Gasteiger partial charge in [0.05, 0.1) is 26.8 Å². The predicted molar refractivity (Wildman–Crippen MR) is 143 cm³/mol. The molecular formula is C27H23N7OS. The quantitative estimate of drug-likeness (QED) is 0.249. The van der Waals surface area contributed by atoms with E-state index in [-0.39, 0.29) is 5.78 Å². The zero-order chi connectivity index (χ0) is 24.6. The minimum atomic E-state index is 0.0581. The third-order valence-electron chi connectivity index (χ3n) is 6.12. The molecule has 0 aliphatic rings. The molecule has 6 heterocycles. The number of hydrogen-bond acceptors (Lipinski definition) is 7. The lowest BCUT2D eigenvalue weighted by atomic mass is 10.1. The lowest BCUT2D eigenvalue weighted by Crippen LogP contribution is -2.11. The van der Waals surface area contributed by atoms with E-state index in [2.05, 4.69) is 60.6 Å². The average molecular weight is 494 g/mol. The fourth-order valence-electron chi connectivity index (χ4n) is 4.31. The van der Waals surface area contributed by atoms with Crippen molar-refractivity contribution in [3.63, 3.8) is 0 Å². The molecule has 0 aromatic carbocycles. The van der Waals surface area contributed by atoms with E-state index >= 15 is 0 Å². The van der Waals surface area contributed by atoms with Crippen molar-refractivity contribution >= 4 is 39.1 Å². The summed E-state index contributed by atoms with van der Waals surface area (Å²) in [4.78, 5) is 30.6. The molecule has 0 radical (unpaired) electrons. The summed E-state index contributed by atoms with van der Waals surface area (Å²) >= 11 is 1.46. The second-order valence-electron chi connectivity index (χ2n) is 8.58. The molecule has 8 nitrogen and oxygen atoms in total. The molecule has 6 aromatic heterocycles. The minimum Gasteiger partial charge on any atom is -0.353 e. The Kier molecular flexibility index (Phi) is 5.63. The largest absolute Gasteiger partial charge is 0.353 e. The third kappa shape index (κ3) is 3.98. The summed E-state index contributed by atoms with van der Waals surface area (Å²) in [5, 5.41) is 12.8. The molecule has 0 saturated carbocycles. The number of carbonyl (C=O) groups excluding carboxylic acids is 1. The number of pyridine rings is 3. The van der Waals surface area contributed by atoms with Crippen LogP contribution in [0.4, 0.5) is 0 Å². The van der Waals surface area contributed by atoms with E-state index in [0.717, 1.165) is 72.9 Å². The highest BCUT2D eigenvalue weighted by Crippen LogP contribution is 2.36. The molecule has 3 N–H and O–H groups in total. The molecule has 0 spiro atoms. The van der Waals surface area contributed by atoms with E-state index in [1.807, 2.05) is 36.8 Å². The average Bonchev–Trinajstić information content (AvgIpc) is 3.64. The van der Waals surface area contributed by atoms with Crippen LogP contribution in [0.5, 0.6) is 0 Å². The van der Waals surface area contributed by atoms with E-state index in [1.54, 1.807) is 13.1 Å². The number of H-pyrrole nitrogens is 2. The van der Waals surface area contributed by atoms with Crippen molar-refractivity contribution in [1.29, 1.82) is 0 Å². The Morgan fingerprint density at radius 2 is 1.92 bits per heavy atom. The molecule has 0 saturated heterocycles. The summed E-state index contributed by atoms with van der Waals surface area (Å²) in [7, 11) is 0. The van der Waals surface area contributed by atoms with Gasteiger partial charge in [0.1, 0.15) is 0 Å². The van der Waals surface area contributed by atoms with Crippen LogP contribution in [0.25, 0.3) is 55.0 Å². The van der Waals surface area contributed by atoms with Crippen LogP contribution in [0.2, 0.25) is 0 Å². The summed E-state index contributed by atoms with van der Waals surface area (Å²) < 4.78 is 0. The Hall–Kier alpha value is -4.21. The van der Waals surface area contributed by atoms with Gasteiger partial charge in [0.25, 0.3) is 0 Å². The first-order valence-electron chi connectivity index (χ1n) is 11.7. The lowest BCUT2D eigenvalue weighted by molar-refractivity contribution is 0.102. The molecule has 0 fully saturated rings. The first kappa shape index (κ1) is 22.3. The standard InChI is InChI=1S/C27H23N7OS/c1-3-28-11-16-8-17(13-29-12-16)18-9-20-25(33-34-27(20)31-14-18)22-10-19-21(32-22)6-7-30-26(19)24-5-4-23(36-24)15(2)35/h4-10,12-14,28,32H,3,11H2,1-2H3,(H,31,33,34). The highest BCUT2D eigenvalue weighted by atomic mass is 32.1. The summed E-state index contributed by atoms with van der Waals surface area (Å²) in [5.74, 6) is 0.0581. The molecule has 0 aliphatic heterocycles. The zero-order valence-corrected chi connectivity index (χ0v) is 20.6. The Bertz CT molecular complexity index is 1730. The van der Waals surface area contributed by atoms with Gasteiger partial charge in [-0.15, -0.1) is 11.3 Å². The molecule has 6 aromatic rings. The third-order valence-corrected chi connectivity index (χ3v) is 7.31. The second-order valence-corrected chi connectivity index (χ2v) is 9.66. The van der Waals surface area contributed by atoms with Crippen LogP contribution in [0, 0.1) is 0 Å². The number of nitrogens with zero attached hydrogens (tertiary/aromatic N) is 4. The first-order valence-corrected chi connectivity index (χ1v) is 12.5. The summed E-state index contributed by atoms with van der Waals surface area (Å²) in [6.45, 7) is 5.34. The van der Waals surface area contributed by atoms with Crippen LogP contribution in [0.3, 0.4) is 0 Å². The van der Waals surface area contributed by atoms with Gasteiger partial charge in [-0.2, -0.15) is 5.10 Å². The van der Waals surface area contributed by atoms with Gasteiger partial charge in [-0.25, -0.2) is 4.98 Å². The molecule has 0 bridgehead atoms. The van der Waals surface area contributed by atoms with Gasteiger partial charge in [-0.3, -0.25) is 19.9 Å². The SMILES string of the molecule is CCNCc1cncc(-c2cnc3n[nH]c(-c4cc5c(-c6ccc(C(C)=O)s6)nccc5[nH]4)c3c2)c1. The van der Waals surface area contributed by atoms with Crippen molar-refractivity contribution in [2.24, 2.45) is 0 Å². The Labute approximate surface area is 210 Å². The zero-order valence-electron chi connectivity index (χ0n) is 19.8. The molecule has 9 heteroatoms. The molecule has 36 heavy (non-hydrogen) atoms. The van der Waals surface area contributed by atoms with Crippen molar-refractivity contribution in [2.45, 2.75) is 20.4 Å². The van der Waals surface area contributed by atoms with E-state index in [4.69, 9.17) is 0 Å². The molecule has 0 unspecified atom stereocenters. The Morgan fingerprint density at radius 3 is 2.75 bits per heavy atom. The number of Topliss-reactive ketones (excluding diaryl/α,β-unsaturated/α-hetero) is 1. The maximum atomic E-state index is 11.8. The van der Waals surface area contributed by atoms with E-state index in [9.17, 15) is 4.79 Å². The topological polar surface area (TPSA) is 112 Å². The highest BCUT2D eigenvalue weighted by molar-refractivity contribution is 7.17. The number of aromatic nitrogens is 6. The van der Waals surface area contributed by atoms with Crippen molar-refractivity contribution in [2.75, 3.05) is 6.54 Å². The Morgan fingerprint density at radius 1 is 1.03 bits per heavy atom. The van der Waals surface area contributed by atoms with Gasteiger partial charge in [-0.05, 0) is 55.4 Å². The number of ketones is 1. The summed E-state index contributed by atoms with van der Waals surface area (Å²) in [5.41, 5.74) is 7.31. The number of aromatic amines is 2. The Balaban J connectivity index is 1.42. The number of fused-ring (bicyclic) bond motifs is 2. The highest BCUT2D eigenvalue weighted by Gasteiger charge is 2.16. The predicted octanol–water partition coefficient (Wildman–Crippen LogP) is 5.60. The maximum Gasteiger partial charge on any atom is 0.181 e. The van der Waals surface area contributed by atoms with Crippen LogP contribution >= 0.6 is 11.3 Å². The minimum absolute atomic E-state index is 0.0581. The van der Waals surface area contributed by atoms with Gasteiger partial charge >= 0.3 is 0 Å². The number of carbonyl (C=O) groups is 1.